The number of aromatic nitrogens is 2. The second-order valence-corrected chi connectivity index (χ2v) is 8.49. The van der Waals surface area contributed by atoms with Crippen LogP contribution in [0.2, 0.25) is 0 Å². The number of anilines is 2. The standard InChI is InChI=1S/C26H29N3O/c1-18-3-12-24(16-27-18)29-25-13-14-26(28-17-25)23-10-8-22(9-11-23)21-6-4-20(5-7-21)15-19(2)30/h3,8-14,16-17,20-21,29H,4-7,15H2,1-2H3. The minimum absolute atomic E-state index is 0.326. The van der Waals surface area contributed by atoms with Gasteiger partial charge in [-0.05, 0) is 81.2 Å². The lowest BCUT2D eigenvalue weighted by Gasteiger charge is -2.28. The lowest BCUT2D eigenvalue weighted by Crippen LogP contribution is -2.15. The number of ketones is 1. The van der Waals surface area contributed by atoms with Crippen LogP contribution in [0.3, 0.4) is 0 Å². The number of aryl methyl sites for hydroxylation is 1. The molecule has 0 aliphatic heterocycles. The Morgan fingerprint density at radius 1 is 0.900 bits per heavy atom. The molecule has 1 N–H and O–H groups in total. The Morgan fingerprint density at radius 2 is 1.57 bits per heavy atom. The van der Waals surface area contributed by atoms with Gasteiger partial charge in [-0.3, -0.25) is 9.97 Å². The molecule has 0 atom stereocenters. The summed E-state index contributed by atoms with van der Waals surface area (Å²) >= 11 is 0. The summed E-state index contributed by atoms with van der Waals surface area (Å²) < 4.78 is 0. The molecule has 3 aromatic rings. The van der Waals surface area contributed by atoms with Crippen LogP contribution in [0.25, 0.3) is 11.3 Å². The molecule has 2 heterocycles. The molecule has 1 fully saturated rings. The molecule has 1 aromatic carbocycles. The zero-order chi connectivity index (χ0) is 20.9. The summed E-state index contributed by atoms with van der Waals surface area (Å²) in [5, 5.41) is 3.33. The molecule has 4 heteroatoms. The van der Waals surface area contributed by atoms with Crippen LogP contribution in [-0.4, -0.2) is 15.8 Å². The lowest BCUT2D eigenvalue weighted by molar-refractivity contribution is -0.118. The van der Waals surface area contributed by atoms with Crippen molar-refractivity contribution in [3.05, 3.63) is 72.2 Å². The van der Waals surface area contributed by atoms with Crippen molar-refractivity contribution in [3.63, 3.8) is 0 Å². The number of Topliss-reactive ketones (excluding diaryl/α,β-unsaturated/α-hetero) is 1. The Bertz CT molecular complexity index is 970. The third-order valence-corrected chi connectivity index (χ3v) is 6.06. The van der Waals surface area contributed by atoms with E-state index in [1.807, 2.05) is 43.6 Å². The highest BCUT2D eigenvalue weighted by atomic mass is 16.1. The molecular weight excluding hydrogens is 370 g/mol. The van der Waals surface area contributed by atoms with E-state index in [-0.39, 0.29) is 0 Å². The van der Waals surface area contributed by atoms with Gasteiger partial charge in [-0.25, -0.2) is 0 Å². The Balaban J connectivity index is 1.37. The van der Waals surface area contributed by atoms with E-state index in [0.717, 1.165) is 34.7 Å². The maximum Gasteiger partial charge on any atom is 0.130 e. The van der Waals surface area contributed by atoms with E-state index in [2.05, 4.69) is 39.6 Å². The summed E-state index contributed by atoms with van der Waals surface area (Å²) in [4.78, 5) is 20.3. The quantitative estimate of drug-likeness (QED) is 0.517. The molecule has 30 heavy (non-hydrogen) atoms. The van der Waals surface area contributed by atoms with Gasteiger partial charge in [0.2, 0.25) is 0 Å². The summed E-state index contributed by atoms with van der Waals surface area (Å²) in [7, 11) is 0. The largest absolute Gasteiger partial charge is 0.353 e. The highest BCUT2D eigenvalue weighted by Gasteiger charge is 2.23. The second kappa shape index (κ2) is 9.21. The molecule has 0 radical (unpaired) electrons. The van der Waals surface area contributed by atoms with Gasteiger partial charge in [0.15, 0.2) is 0 Å². The molecule has 4 nitrogen and oxygen atoms in total. The predicted octanol–water partition coefficient (Wildman–Crippen LogP) is 6.45. The number of nitrogens with one attached hydrogen (secondary N) is 1. The Kier molecular flexibility index (Phi) is 6.22. The summed E-state index contributed by atoms with van der Waals surface area (Å²) in [6, 6.07) is 16.9. The first-order chi connectivity index (χ1) is 14.6. The van der Waals surface area contributed by atoms with E-state index in [1.165, 1.54) is 31.2 Å². The molecule has 1 aliphatic rings. The van der Waals surface area contributed by atoms with Crippen molar-refractivity contribution in [1.82, 2.24) is 9.97 Å². The first kappa shape index (κ1) is 20.3. The third kappa shape index (κ3) is 5.12. The third-order valence-electron chi connectivity index (χ3n) is 6.06. The van der Waals surface area contributed by atoms with Gasteiger partial charge in [0.05, 0.1) is 29.5 Å². The summed E-state index contributed by atoms with van der Waals surface area (Å²) in [6.45, 7) is 3.69. The van der Waals surface area contributed by atoms with Crippen molar-refractivity contribution < 1.29 is 4.79 Å². The molecule has 0 bridgehead atoms. The first-order valence-corrected chi connectivity index (χ1v) is 10.8. The number of hydrogen-bond acceptors (Lipinski definition) is 4. The monoisotopic (exact) mass is 399 g/mol. The van der Waals surface area contributed by atoms with Crippen LogP contribution >= 0.6 is 0 Å². The first-order valence-electron chi connectivity index (χ1n) is 10.8. The molecular formula is C26H29N3O. The number of carbonyl (C=O) groups is 1. The molecule has 0 spiro atoms. The SMILES string of the molecule is CC(=O)CC1CCC(c2ccc(-c3ccc(Nc4ccc(C)nc4)cn3)cc2)CC1. The smallest absolute Gasteiger partial charge is 0.130 e. The van der Waals surface area contributed by atoms with Crippen LogP contribution in [0.5, 0.6) is 0 Å². The summed E-state index contributed by atoms with van der Waals surface area (Å²) in [5.41, 5.74) is 6.42. The van der Waals surface area contributed by atoms with Crippen molar-refractivity contribution in [1.29, 1.82) is 0 Å². The van der Waals surface area contributed by atoms with Gasteiger partial charge in [-0.1, -0.05) is 24.3 Å². The number of nitrogens with zero attached hydrogens (tertiary/aromatic N) is 2. The lowest BCUT2D eigenvalue weighted by atomic mass is 9.77. The van der Waals surface area contributed by atoms with Gasteiger partial charge in [-0.2, -0.15) is 0 Å². The summed E-state index contributed by atoms with van der Waals surface area (Å²) in [6.07, 6.45) is 9.14. The van der Waals surface area contributed by atoms with E-state index in [0.29, 0.717) is 17.6 Å². The van der Waals surface area contributed by atoms with Crippen LogP contribution in [-0.2, 0) is 4.79 Å². The number of hydrogen-bond donors (Lipinski definition) is 1. The van der Waals surface area contributed by atoms with Crippen molar-refractivity contribution in [2.75, 3.05) is 5.32 Å². The van der Waals surface area contributed by atoms with Gasteiger partial charge in [0, 0.05) is 17.7 Å². The van der Waals surface area contributed by atoms with Crippen LogP contribution in [0, 0.1) is 12.8 Å². The van der Waals surface area contributed by atoms with E-state index in [9.17, 15) is 4.79 Å². The van der Waals surface area contributed by atoms with Crippen LogP contribution in [0.15, 0.2) is 60.9 Å². The minimum Gasteiger partial charge on any atom is -0.353 e. The van der Waals surface area contributed by atoms with Crippen molar-refractivity contribution in [2.45, 2.75) is 51.9 Å². The highest BCUT2D eigenvalue weighted by molar-refractivity contribution is 5.75. The Hall–Kier alpha value is -3.01. The maximum atomic E-state index is 11.3. The van der Waals surface area contributed by atoms with Gasteiger partial charge >= 0.3 is 0 Å². The zero-order valence-electron chi connectivity index (χ0n) is 17.8. The van der Waals surface area contributed by atoms with Gasteiger partial charge in [0.25, 0.3) is 0 Å². The highest BCUT2D eigenvalue weighted by Crippen LogP contribution is 2.37. The fourth-order valence-corrected chi connectivity index (χ4v) is 4.38. The van der Waals surface area contributed by atoms with Crippen LogP contribution in [0.4, 0.5) is 11.4 Å². The predicted molar refractivity (Wildman–Crippen MR) is 122 cm³/mol. The Labute approximate surface area is 178 Å². The van der Waals surface area contributed by atoms with E-state index < -0.39 is 0 Å². The normalized spacial score (nSPS) is 18.7. The second-order valence-electron chi connectivity index (χ2n) is 8.49. The average Bonchev–Trinajstić information content (AvgIpc) is 2.76. The van der Waals surface area contributed by atoms with E-state index in [1.54, 1.807) is 6.92 Å². The van der Waals surface area contributed by atoms with Gasteiger partial charge in [0.1, 0.15) is 5.78 Å². The number of carbonyl (C=O) groups excluding carboxylic acids is 1. The molecule has 0 saturated heterocycles. The molecule has 1 saturated carbocycles. The summed E-state index contributed by atoms with van der Waals surface area (Å²) in [5.74, 6) is 1.53. The van der Waals surface area contributed by atoms with Crippen molar-refractivity contribution in [3.8, 4) is 11.3 Å². The molecule has 154 valence electrons. The van der Waals surface area contributed by atoms with Crippen molar-refractivity contribution in [2.24, 2.45) is 5.92 Å². The molecule has 4 rings (SSSR count). The molecule has 1 aliphatic carbocycles. The fraction of sp³-hybridized carbons (Fsp3) is 0.346. The zero-order valence-corrected chi connectivity index (χ0v) is 17.8. The molecule has 2 aromatic heterocycles. The fourth-order valence-electron chi connectivity index (χ4n) is 4.38. The number of benzene rings is 1. The van der Waals surface area contributed by atoms with E-state index >= 15 is 0 Å². The minimum atomic E-state index is 0.326. The van der Waals surface area contributed by atoms with Gasteiger partial charge in [-0.15, -0.1) is 0 Å². The number of pyridine rings is 2. The molecule has 0 unspecified atom stereocenters. The van der Waals surface area contributed by atoms with E-state index in [4.69, 9.17) is 0 Å². The average molecular weight is 400 g/mol. The van der Waals surface area contributed by atoms with Crippen LogP contribution < -0.4 is 5.32 Å². The van der Waals surface area contributed by atoms with Crippen LogP contribution in [0.1, 0.15) is 56.2 Å². The maximum absolute atomic E-state index is 11.3. The topological polar surface area (TPSA) is 54.9 Å². The molecule has 0 amide bonds. The van der Waals surface area contributed by atoms with Gasteiger partial charge < -0.3 is 10.1 Å². The van der Waals surface area contributed by atoms with Crippen molar-refractivity contribution >= 4 is 17.2 Å². The number of rotatable bonds is 6. The Morgan fingerprint density at radius 3 is 2.13 bits per heavy atom.